The zero-order chi connectivity index (χ0) is 31.7. The summed E-state index contributed by atoms with van der Waals surface area (Å²) in [6, 6.07) is 14.9. The number of piperidine rings is 1. The summed E-state index contributed by atoms with van der Waals surface area (Å²) in [5.41, 5.74) is 2.21. The van der Waals surface area contributed by atoms with Crippen LogP contribution in [0.5, 0.6) is 11.6 Å². The second-order valence-corrected chi connectivity index (χ2v) is 12.6. The number of likely N-dealkylation sites (tertiary alicyclic amines) is 1. The number of benzene rings is 2. The van der Waals surface area contributed by atoms with Gasteiger partial charge in [0.05, 0.1) is 17.2 Å². The third-order valence-electron chi connectivity index (χ3n) is 7.82. The number of hydrogen-bond donors (Lipinski definition) is 2. The number of hydrogen-bond acceptors (Lipinski definition) is 8. The van der Waals surface area contributed by atoms with E-state index in [9.17, 15) is 14.0 Å². The molecule has 1 saturated carbocycles. The number of nitrogens with zero attached hydrogens (tertiary/aromatic N) is 4. The van der Waals surface area contributed by atoms with Gasteiger partial charge in [-0.05, 0) is 76.8 Å². The van der Waals surface area contributed by atoms with E-state index in [0.29, 0.717) is 47.6 Å². The smallest absolute Gasteiger partial charge is 0.410 e. The number of anilines is 2. The zero-order valence-corrected chi connectivity index (χ0v) is 25.8. The summed E-state index contributed by atoms with van der Waals surface area (Å²) in [5.74, 6) is 0.483. The highest BCUT2D eigenvalue weighted by atomic mass is 19.1. The van der Waals surface area contributed by atoms with E-state index >= 15 is 0 Å². The number of alkyl halides is 1. The Morgan fingerprint density at radius 3 is 2.62 bits per heavy atom. The molecule has 2 aromatic heterocycles. The van der Waals surface area contributed by atoms with Gasteiger partial charge in [0, 0.05) is 48.0 Å². The Labute approximate surface area is 261 Å². The number of aromatic nitrogens is 3. The van der Waals surface area contributed by atoms with E-state index in [1.165, 1.54) is 0 Å². The summed E-state index contributed by atoms with van der Waals surface area (Å²) in [7, 11) is 0. The van der Waals surface area contributed by atoms with E-state index in [-0.39, 0.29) is 24.5 Å². The molecule has 0 spiro atoms. The first-order valence-corrected chi connectivity index (χ1v) is 15.2. The second-order valence-electron chi connectivity index (χ2n) is 12.6. The van der Waals surface area contributed by atoms with E-state index in [1.54, 1.807) is 29.4 Å². The minimum atomic E-state index is -1.07. The minimum Gasteiger partial charge on any atom is -0.444 e. The van der Waals surface area contributed by atoms with Crippen LogP contribution in [0.1, 0.15) is 45.6 Å². The summed E-state index contributed by atoms with van der Waals surface area (Å²) < 4.78 is 25.6. The highest BCUT2D eigenvalue weighted by Crippen LogP contribution is 2.40. The molecule has 2 amide bonds. The van der Waals surface area contributed by atoms with Crippen molar-refractivity contribution < 1.29 is 23.5 Å². The van der Waals surface area contributed by atoms with Crippen molar-refractivity contribution in [2.24, 2.45) is 5.92 Å². The van der Waals surface area contributed by atoms with Gasteiger partial charge in [-0.15, -0.1) is 0 Å². The number of aryl methyl sites for hydroxylation is 1. The Morgan fingerprint density at radius 1 is 1.02 bits per heavy atom. The molecule has 3 heterocycles. The molecule has 0 bridgehead atoms. The van der Waals surface area contributed by atoms with Crippen molar-refractivity contribution in [3.8, 4) is 22.9 Å². The van der Waals surface area contributed by atoms with Gasteiger partial charge in [0.15, 0.2) is 0 Å². The van der Waals surface area contributed by atoms with Crippen LogP contribution in [0.15, 0.2) is 60.9 Å². The first-order chi connectivity index (χ1) is 21.6. The predicted molar refractivity (Wildman–Crippen MR) is 170 cm³/mol. The predicted octanol–water partition coefficient (Wildman–Crippen LogP) is 6.90. The zero-order valence-electron chi connectivity index (χ0n) is 25.8. The summed E-state index contributed by atoms with van der Waals surface area (Å²) in [6.07, 6.45) is 3.90. The molecular weight excluding hydrogens is 575 g/mol. The maximum absolute atomic E-state index is 13.5. The van der Waals surface area contributed by atoms with Crippen molar-refractivity contribution in [3.63, 3.8) is 0 Å². The molecular formula is C34H37FN6O4. The lowest BCUT2D eigenvalue weighted by Gasteiger charge is -2.34. The Bertz CT molecular complexity index is 1740. The van der Waals surface area contributed by atoms with Crippen LogP contribution < -0.4 is 15.4 Å². The lowest BCUT2D eigenvalue weighted by Crippen LogP contribution is -2.47. The summed E-state index contributed by atoms with van der Waals surface area (Å²) in [5, 5.41) is 7.83. The number of carbonyl (C=O) groups excluding carboxylic acids is 2. The van der Waals surface area contributed by atoms with Crippen molar-refractivity contribution in [2.75, 3.05) is 23.7 Å². The molecule has 4 aromatic rings. The lowest BCUT2D eigenvalue weighted by molar-refractivity contribution is -0.117. The number of ether oxygens (including phenoxy) is 2. The van der Waals surface area contributed by atoms with Crippen LogP contribution >= 0.6 is 0 Å². The SMILES string of the molecule is Cc1ccc2c(NC(=O)[C@H]3C[C@@H]3F)cccc2c1Oc1ncccc1-c1ccnc(N[C@H]2CCCN(C(=O)OC(C)(C)C)C2)n1. The fourth-order valence-electron chi connectivity index (χ4n) is 5.46. The Morgan fingerprint density at radius 2 is 1.84 bits per heavy atom. The largest absolute Gasteiger partial charge is 0.444 e. The van der Waals surface area contributed by atoms with Crippen LogP contribution in [-0.2, 0) is 9.53 Å². The van der Waals surface area contributed by atoms with Gasteiger partial charge in [-0.3, -0.25) is 4.79 Å². The van der Waals surface area contributed by atoms with Crippen LogP contribution in [0.3, 0.4) is 0 Å². The van der Waals surface area contributed by atoms with Crippen LogP contribution in [0, 0.1) is 12.8 Å². The number of carbonyl (C=O) groups is 2. The maximum atomic E-state index is 13.5. The molecule has 6 rings (SSSR count). The number of halogens is 1. The summed E-state index contributed by atoms with van der Waals surface area (Å²) in [4.78, 5) is 40.6. The van der Waals surface area contributed by atoms with Crippen molar-refractivity contribution in [3.05, 3.63) is 66.5 Å². The van der Waals surface area contributed by atoms with Gasteiger partial charge in [-0.2, -0.15) is 0 Å². The fourth-order valence-corrected chi connectivity index (χ4v) is 5.46. The van der Waals surface area contributed by atoms with Gasteiger partial charge < -0.3 is 25.0 Å². The quantitative estimate of drug-likeness (QED) is 0.231. The van der Waals surface area contributed by atoms with E-state index in [0.717, 1.165) is 29.2 Å². The normalized spacial score (nSPS) is 19.6. The molecule has 1 saturated heterocycles. The molecule has 11 heteroatoms. The third kappa shape index (κ3) is 6.97. The average Bonchev–Trinajstić information content (AvgIpc) is 3.75. The molecule has 45 heavy (non-hydrogen) atoms. The highest BCUT2D eigenvalue weighted by molar-refractivity contribution is 6.05. The number of pyridine rings is 1. The number of fused-ring (bicyclic) bond motifs is 1. The molecule has 2 N–H and O–H groups in total. The van der Waals surface area contributed by atoms with Crippen molar-refractivity contribution >= 4 is 34.4 Å². The molecule has 0 radical (unpaired) electrons. The topological polar surface area (TPSA) is 119 Å². The van der Waals surface area contributed by atoms with Crippen molar-refractivity contribution in [1.82, 2.24) is 19.9 Å². The lowest BCUT2D eigenvalue weighted by atomic mass is 10.0. The minimum absolute atomic E-state index is 0.0325. The van der Waals surface area contributed by atoms with Crippen LogP contribution in [0.2, 0.25) is 0 Å². The fraction of sp³-hybridized carbons (Fsp3) is 0.382. The molecule has 2 aromatic carbocycles. The van der Waals surface area contributed by atoms with Crippen molar-refractivity contribution in [2.45, 2.75) is 64.8 Å². The Hall–Kier alpha value is -4.80. The molecule has 2 fully saturated rings. The molecule has 2 aliphatic rings. The number of amides is 2. The average molecular weight is 613 g/mol. The van der Waals surface area contributed by atoms with E-state index in [1.807, 2.05) is 64.1 Å². The van der Waals surface area contributed by atoms with Gasteiger partial charge in [0.1, 0.15) is 17.5 Å². The van der Waals surface area contributed by atoms with Gasteiger partial charge in [-0.25, -0.2) is 24.1 Å². The van der Waals surface area contributed by atoms with E-state index < -0.39 is 17.7 Å². The van der Waals surface area contributed by atoms with Gasteiger partial charge >= 0.3 is 6.09 Å². The van der Waals surface area contributed by atoms with E-state index in [4.69, 9.17) is 14.5 Å². The summed E-state index contributed by atoms with van der Waals surface area (Å²) in [6.45, 7) is 8.65. The molecule has 10 nitrogen and oxygen atoms in total. The standard InChI is InChI=1S/C34H37FN6O4/c1-20-12-13-22-23(9-5-11-27(22)39-30(42)25-18-26(25)35)29(20)44-31-24(10-6-15-36-31)28-14-16-37-32(40-28)38-21-8-7-17-41(19-21)33(43)45-34(2,3)4/h5-6,9-16,21,25-26H,7-8,17-19H2,1-4H3,(H,39,42)(H,37,38,40)/t21-,25-,26-/m0/s1. The van der Waals surface area contributed by atoms with Gasteiger partial charge in [0.2, 0.25) is 17.7 Å². The third-order valence-corrected chi connectivity index (χ3v) is 7.82. The van der Waals surface area contributed by atoms with Gasteiger partial charge in [0.25, 0.3) is 0 Å². The molecule has 1 aliphatic heterocycles. The maximum Gasteiger partial charge on any atom is 0.410 e. The molecule has 234 valence electrons. The van der Waals surface area contributed by atoms with E-state index in [2.05, 4.69) is 20.6 Å². The number of nitrogens with one attached hydrogen (secondary N) is 2. The van der Waals surface area contributed by atoms with Crippen LogP contribution in [-0.4, -0.2) is 62.8 Å². The first kappa shape index (κ1) is 30.2. The molecule has 0 unspecified atom stereocenters. The van der Waals surface area contributed by atoms with Crippen LogP contribution in [0.4, 0.5) is 20.8 Å². The monoisotopic (exact) mass is 612 g/mol. The second kappa shape index (κ2) is 12.3. The molecule has 1 aliphatic carbocycles. The van der Waals surface area contributed by atoms with Crippen molar-refractivity contribution in [1.29, 1.82) is 0 Å². The first-order valence-electron chi connectivity index (χ1n) is 15.2. The van der Waals surface area contributed by atoms with Crippen LogP contribution in [0.25, 0.3) is 22.0 Å². The highest BCUT2D eigenvalue weighted by Gasteiger charge is 2.43. The molecule has 3 atom stereocenters. The Balaban J connectivity index is 1.23. The number of rotatable bonds is 7. The summed E-state index contributed by atoms with van der Waals surface area (Å²) >= 11 is 0. The Kier molecular flexibility index (Phi) is 8.26. The van der Waals surface area contributed by atoms with Gasteiger partial charge in [-0.1, -0.05) is 24.3 Å².